The van der Waals surface area contributed by atoms with E-state index in [9.17, 15) is 4.79 Å². The summed E-state index contributed by atoms with van der Waals surface area (Å²) in [5, 5.41) is 15.0. The first-order chi connectivity index (χ1) is 12.0. The molecule has 0 aliphatic heterocycles. The molecule has 0 bridgehead atoms. The number of amides is 1. The molecule has 0 atom stereocenters. The van der Waals surface area contributed by atoms with Crippen LogP contribution in [-0.4, -0.2) is 32.3 Å². The molecule has 3 rings (SSSR count). The van der Waals surface area contributed by atoms with Crippen LogP contribution in [0.5, 0.6) is 0 Å². The van der Waals surface area contributed by atoms with E-state index in [0.29, 0.717) is 27.1 Å². The number of hydrogen-bond acceptors (Lipinski definition) is 7. The maximum atomic E-state index is 11.7. The van der Waals surface area contributed by atoms with Gasteiger partial charge in [0, 0.05) is 5.56 Å². The van der Waals surface area contributed by atoms with Crippen LogP contribution in [0.4, 0.5) is 5.95 Å². The first kappa shape index (κ1) is 16.9. The molecule has 0 saturated heterocycles. The van der Waals surface area contributed by atoms with Crippen LogP contribution in [0.15, 0.2) is 39.9 Å². The predicted octanol–water partition coefficient (Wildman–Crippen LogP) is 1.97. The van der Waals surface area contributed by atoms with E-state index in [-0.39, 0.29) is 12.5 Å². The number of carbonyl (C=O) groups excluding carboxylic acids is 1. The summed E-state index contributed by atoms with van der Waals surface area (Å²) in [5.41, 5.74) is 8.44. The minimum absolute atomic E-state index is 0.0354. The molecule has 1 aromatic carbocycles. The van der Waals surface area contributed by atoms with Gasteiger partial charge < -0.3 is 10.2 Å². The Labute approximate surface area is 151 Å². The number of aromatic nitrogens is 4. The van der Waals surface area contributed by atoms with Gasteiger partial charge in [-0.1, -0.05) is 34.4 Å². The maximum Gasteiger partial charge on any atom is 0.261 e. The molecule has 128 valence electrons. The zero-order valence-electron chi connectivity index (χ0n) is 12.6. The zero-order chi connectivity index (χ0) is 17.8. The lowest BCUT2D eigenvalue weighted by molar-refractivity contribution is -0.121. The number of nitrogen functional groups attached to an aromatic ring is 1. The highest BCUT2D eigenvalue weighted by Gasteiger charge is 2.10. The fourth-order valence-electron chi connectivity index (χ4n) is 1.92. The molecule has 1 amide bonds. The zero-order valence-corrected chi connectivity index (χ0v) is 14.1. The Morgan fingerprint density at radius 3 is 2.96 bits per heavy atom. The Kier molecular flexibility index (Phi) is 4.96. The van der Waals surface area contributed by atoms with Gasteiger partial charge in [-0.15, -0.1) is 0 Å². The summed E-state index contributed by atoms with van der Waals surface area (Å²) in [5.74, 6) is 0.545. The minimum atomic E-state index is -0.445. The summed E-state index contributed by atoms with van der Waals surface area (Å²) in [6.07, 6.45) is 1.35. The Bertz CT molecular complexity index is 935. The van der Waals surface area contributed by atoms with Gasteiger partial charge in [-0.25, -0.2) is 10.1 Å². The number of halogens is 2. The van der Waals surface area contributed by atoms with Crippen molar-refractivity contribution < 1.29 is 9.21 Å². The highest BCUT2D eigenvalue weighted by atomic mass is 35.5. The summed E-state index contributed by atoms with van der Waals surface area (Å²) >= 11 is 12.1. The lowest BCUT2D eigenvalue weighted by atomic mass is 10.2. The van der Waals surface area contributed by atoms with E-state index in [1.165, 1.54) is 6.21 Å². The van der Waals surface area contributed by atoms with Gasteiger partial charge in [0.15, 0.2) is 0 Å². The molecular weight excluding hydrogens is 369 g/mol. The molecule has 3 aromatic rings. The highest BCUT2D eigenvalue weighted by Crippen LogP contribution is 2.34. The van der Waals surface area contributed by atoms with Gasteiger partial charge in [0.2, 0.25) is 5.95 Å². The van der Waals surface area contributed by atoms with E-state index in [2.05, 4.69) is 26.1 Å². The van der Waals surface area contributed by atoms with Crippen molar-refractivity contribution in [2.45, 2.75) is 6.54 Å². The van der Waals surface area contributed by atoms with Crippen molar-refractivity contribution in [2.24, 2.45) is 5.10 Å². The molecule has 0 aliphatic carbocycles. The molecule has 11 heteroatoms. The van der Waals surface area contributed by atoms with Crippen molar-refractivity contribution in [3.63, 3.8) is 0 Å². The van der Waals surface area contributed by atoms with Crippen molar-refractivity contribution in [1.82, 2.24) is 25.6 Å². The number of rotatable bonds is 5. The average molecular weight is 380 g/mol. The van der Waals surface area contributed by atoms with Gasteiger partial charge in [-0.3, -0.25) is 4.79 Å². The third-order valence-corrected chi connectivity index (χ3v) is 3.90. The molecule has 9 nitrogen and oxygen atoms in total. The van der Waals surface area contributed by atoms with Crippen molar-refractivity contribution in [2.75, 3.05) is 5.73 Å². The summed E-state index contributed by atoms with van der Waals surface area (Å²) < 4.78 is 6.75. The first-order valence-electron chi connectivity index (χ1n) is 6.92. The topological polar surface area (TPSA) is 124 Å². The van der Waals surface area contributed by atoms with E-state index in [1.807, 2.05) is 0 Å². The summed E-state index contributed by atoms with van der Waals surface area (Å²) in [4.78, 5) is 11.7. The standard InChI is InChI=1S/C14H11Cl2N7O2/c15-10-3-1-2-9(13(10)16)11-5-4-8(25-11)6-18-19-12(24)7-23-14(17)20-21-22-23/h1-6H,7H2,(H,19,24)(H2,17,20,22)/b18-6+. The molecule has 0 unspecified atom stereocenters. The molecule has 2 heterocycles. The molecule has 25 heavy (non-hydrogen) atoms. The fraction of sp³-hybridized carbons (Fsp3) is 0.0714. The summed E-state index contributed by atoms with van der Waals surface area (Å²) in [6, 6.07) is 8.65. The molecule has 3 N–H and O–H groups in total. The minimum Gasteiger partial charge on any atom is -0.455 e. The second-order valence-electron chi connectivity index (χ2n) is 4.79. The Hall–Kier alpha value is -2.91. The molecule has 0 spiro atoms. The van der Waals surface area contributed by atoms with Crippen LogP contribution in [-0.2, 0) is 11.3 Å². The number of hydrogen-bond donors (Lipinski definition) is 2. The first-order valence-corrected chi connectivity index (χ1v) is 7.68. The summed E-state index contributed by atoms with van der Waals surface area (Å²) in [7, 11) is 0. The van der Waals surface area contributed by atoms with Crippen LogP contribution in [0.1, 0.15) is 5.76 Å². The normalized spacial score (nSPS) is 11.1. The average Bonchev–Trinajstić information content (AvgIpc) is 3.20. The highest BCUT2D eigenvalue weighted by molar-refractivity contribution is 6.43. The van der Waals surface area contributed by atoms with Crippen LogP contribution in [0.3, 0.4) is 0 Å². The largest absolute Gasteiger partial charge is 0.455 e. The number of nitrogens with two attached hydrogens (primary N) is 1. The van der Waals surface area contributed by atoms with Gasteiger partial charge in [-0.05, 0) is 34.7 Å². The van der Waals surface area contributed by atoms with Gasteiger partial charge in [0.05, 0.1) is 16.3 Å². The predicted molar refractivity (Wildman–Crippen MR) is 92.1 cm³/mol. The van der Waals surface area contributed by atoms with E-state index >= 15 is 0 Å². The number of nitrogens with zero attached hydrogens (tertiary/aromatic N) is 5. The Balaban J connectivity index is 1.63. The third-order valence-electron chi connectivity index (χ3n) is 3.08. The third kappa shape index (κ3) is 3.95. The van der Waals surface area contributed by atoms with Crippen LogP contribution >= 0.6 is 23.2 Å². The fourth-order valence-corrected chi connectivity index (χ4v) is 2.32. The quantitative estimate of drug-likeness (QED) is 0.515. The molecule has 2 aromatic heterocycles. The SMILES string of the molecule is Nc1nnnn1CC(=O)N/N=C/c1ccc(-c2cccc(Cl)c2Cl)o1. The number of furan rings is 1. The number of nitrogens with one attached hydrogen (secondary N) is 1. The Morgan fingerprint density at radius 2 is 2.20 bits per heavy atom. The molecule has 0 saturated carbocycles. The van der Waals surface area contributed by atoms with Crippen molar-refractivity contribution in [3.8, 4) is 11.3 Å². The van der Waals surface area contributed by atoms with Gasteiger partial charge in [0.25, 0.3) is 5.91 Å². The molecular formula is C14H11Cl2N7O2. The van der Waals surface area contributed by atoms with E-state index in [4.69, 9.17) is 33.4 Å². The van der Waals surface area contributed by atoms with Crippen LogP contribution in [0.25, 0.3) is 11.3 Å². The lowest BCUT2D eigenvalue weighted by Crippen LogP contribution is -2.24. The monoisotopic (exact) mass is 379 g/mol. The molecule has 0 aliphatic rings. The second-order valence-corrected chi connectivity index (χ2v) is 5.58. The van der Waals surface area contributed by atoms with E-state index in [1.54, 1.807) is 30.3 Å². The van der Waals surface area contributed by atoms with E-state index in [0.717, 1.165) is 4.68 Å². The number of anilines is 1. The number of hydrazone groups is 1. The van der Waals surface area contributed by atoms with Crippen molar-refractivity contribution in [1.29, 1.82) is 0 Å². The lowest BCUT2D eigenvalue weighted by Gasteiger charge is -2.02. The maximum absolute atomic E-state index is 11.7. The molecule has 0 radical (unpaired) electrons. The second kappa shape index (κ2) is 7.32. The van der Waals surface area contributed by atoms with Crippen molar-refractivity contribution in [3.05, 3.63) is 46.1 Å². The smallest absolute Gasteiger partial charge is 0.261 e. The van der Waals surface area contributed by atoms with Crippen LogP contribution in [0, 0.1) is 0 Å². The summed E-state index contributed by atoms with van der Waals surface area (Å²) in [6.45, 7) is -0.155. The van der Waals surface area contributed by atoms with Crippen LogP contribution in [0.2, 0.25) is 10.0 Å². The van der Waals surface area contributed by atoms with Crippen LogP contribution < -0.4 is 11.2 Å². The van der Waals surface area contributed by atoms with Gasteiger partial charge in [0.1, 0.15) is 18.1 Å². The van der Waals surface area contributed by atoms with Gasteiger partial charge in [-0.2, -0.15) is 5.10 Å². The Morgan fingerprint density at radius 1 is 1.36 bits per heavy atom. The number of tetrazole rings is 1. The van der Waals surface area contributed by atoms with E-state index < -0.39 is 5.91 Å². The van der Waals surface area contributed by atoms with Gasteiger partial charge >= 0.3 is 0 Å². The van der Waals surface area contributed by atoms with Crippen molar-refractivity contribution >= 4 is 41.3 Å². The molecule has 0 fully saturated rings. The number of carbonyl (C=O) groups is 1. The number of benzene rings is 1.